The van der Waals surface area contributed by atoms with E-state index in [1.807, 2.05) is 18.2 Å². The Morgan fingerprint density at radius 2 is 1.71 bits per heavy atom. The fourth-order valence-corrected chi connectivity index (χ4v) is 3.42. The number of hydrogen-bond donors (Lipinski definition) is 1. The number of ether oxygens (including phenoxy) is 2. The molecule has 2 aromatic rings. The third kappa shape index (κ3) is 5.86. The summed E-state index contributed by atoms with van der Waals surface area (Å²) in [6.45, 7) is 2.96. The molecule has 1 fully saturated rings. The van der Waals surface area contributed by atoms with E-state index in [2.05, 4.69) is 34.5 Å². The van der Waals surface area contributed by atoms with Crippen LogP contribution in [-0.2, 0) is 11.3 Å². The lowest BCUT2D eigenvalue weighted by atomic mass is 10.0. The highest BCUT2D eigenvalue weighted by molar-refractivity contribution is 5.92. The summed E-state index contributed by atoms with van der Waals surface area (Å²) in [5.41, 5.74) is 2.20. The normalized spacial score (nSPS) is 15.5. The molecule has 2 aromatic carbocycles. The molecule has 0 saturated carbocycles. The van der Waals surface area contributed by atoms with Gasteiger partial charge in [-0.05, 0) is 42.2 Å². The molecule has 0 atom stereocenters. The van der Waals surface area contributed by atoms with Gasteiger partial charge in [-0.2, -0.15) is 0 Å². The molecule has 1 saturated heterocycles. The van der Waals surface area contributed by atoms with E-state index < -0.39 is 0 Å². The first kappa shape index (κ1) is 20.0. The second-order valence-corrected chi connectivity index (χ2v) is 7.02. The van der Waals surface area contributed by atoms with Crippen LogP contribution in [0.2, 0.25) is 0 Å². The number of nitrogens with zero attached hydrogens (tertiary/aromatic N) is 1. The summed E-state index contributed by atoms with van der Waals surface area (Å²) >= 11 is 0. The topological polar surface area (TPSA) is 50.8 Å². The Balaban J connectivity index is 1.47. The minimum Gasteiger partial charge on any atom is -0.497 e. The molecule has 0 bridgehead atoms. The zero-order chi connectivity index (χ0) is 19.8. The standard InChI is InChI=1S/C23H28N2O3/c1-27-21-14-19(15-22(16-21)28-2)8-9-23(26)24-20-10-12-25(13-11-20)17-18-6-4-3-5-7-18/h3-9,14-16,20H,10-13,17H2,1-2H3,(H,24,26)/b9-8+. The maximum atomic E-state index is 12.3. The van der Waals surface area contributed by atoms with Crippen LogP contribution in [0, 0.1) is 0 Å². The van der Waals surface area contributed by atoms with Crippen molar-refractivity contribution in [3.8, 4) is 11.5 Å². The van der Waals surface area contributed by atoms with E-state index in [-0.39, 0.29) is 11.9 Å². The number of rotatable bonds is 7. The van der Waals surface area contributed by atoms with Crippen molar-refractivity contribution in [2.75, 3.05) is 27.3 Å². The quantitative estimate of drug-likeness (QED) is 0.747. The van der Waals surface area contributed by atoms with Crippen LogP contribution in [0.15, 0.2) is 54.6 Å². The van der Waals surface area contributed by atoms with Crippen LogP contribution >= 0.6 is 0 Å². The van der Waals surface area contributed by atoms with E-state index in [1.54, 1.807) is 32.4 Å². The van der Waals surface area contributed by atoms with Gasteiger partial charge in [0.2, 0.25) is 5.91 Å². The Hall–Kier alpha value is -2.79. The van der Waals surface area contributed by atoms with Gasteiger partial charge in [0.1, 0.15) is 11.5 Å². The monoisotopic (exact) mass is 380 g/mol. The molecule has 1 aliphatic heterocycles. The molecule has 0 aliphatic carbocycles. The minimum absolute atomic E-state index is 0.0664. The van der Waals surface area contributed by atoms with E-state index in [0.29, 0.717) is 11.5 Å². The van der Waals surface area contributed by atoms with Crippen LogP contribution < -0.4 is 14.8 Å². The van der Waals surface area contributed by atoms with Crippen LogP contribution in [0.1, 0.15) is 24.0 Å². The summed E-state index contributed by atoms with van der Waals surface area (Å²) in [5.74, 6) is 1.33. The Kier molecular flexibility index (Phi) is 7.09. The Bertz CT molecular complexity index is 774. The van der Waals surface area contributed by atoms with Crippen LogP contribution in [0.5, 0.6) is 11.5 Å². The van der Waals surface area contributed by atoms with E-state index in [9.17, 15) is 4.79 Å². The van der Waals surface area contributed by atoms with Gasteiger partial charge < -0.3 is 14.8 Å². The van der Waals surface area contributed by atoms with Gasteiger partial charge in [-0.15, -0.1) is 0 Å². The number of amides is 1. The van der Waals surface area contributed by atoms with Crippen molar-refractivity contribution in [1.29, 1.82) is 0 Å². The van der Waals surface area contributed by atoms with Crippen LogP contribution in [0.3, 0.4) is 0 Å². The van der Waals surface area contributed by atoms with E-state index >= 15 is 0 Å². The zero-order valence-electron chi connectivity index (χ0n) is 16.6. The molecular weight excluding hydrogens is 352 g/mol. The molecule has 0 aromatic heterocycles. The molecule has 1 heterocycles. The van der Waals surface area contributed by atoms with Gasteiger partial charge >= 0.3 is 0 Å². The summed E-state index contributed by atoms with van der Waals surface area (Å²) < 4.78 is 10.5. The van der Waals surface area contributed by atoms with E-state index in [1.165, 1.54) is 5.56 Å². The maximum Gasteiger partial charge on any atom is 0.244 e. The third-order valence-corrected chi connectivity index (χ3v) is 4.98. The number of piperidine rings is 1. The van der Waals surface area contributed by atoms with Crippen LogP contribution in [-0.4, -0.2) is 44.2 Å². The molecule has 28 heavy (non-hydrogen) atoms. The number of carbonyl (C=O) groups is 1. The summed E-state index contributed by atoms with van der Waals surface area (Å²) in [6, 6.07) is 16.3. The van der Waals surface area contributed by atoms with Gasteiger partial charge in [0.25, 0.3) is 0 Å². The van der Waals surface area contributed by atoms with Crippen molar-refractivity contribution in [2.24, 2.45) is 0 Å². The fourth-order valence-electron chi connectivity index (χ4n) is 3.42. The van der Waals surface area contributed by atoms with Crippen molar-refractivity contribution in [2.45, 2.75) is 25.4 Å². The van der Waals surface area contributed by atoms with Crippen molar-refractivity contribution in [1.82, 2.24) is 10.2 Å². The fraction of sp³-hybridized carbons (Fsp3) is 0.348. The van der Waals surface area contributed by atoms with Gasteiger partial charge in [-0.1, -0.05) is 30.3 Å². The number of hydrogen-bond acceptors (Lipinski definition) is 4. The first-order valence-electron chi connectivity index (χ1n) is 9.64. The van der Waals surface area contributed by atoms with Crippen molar-refractivity contribution < 1.29 is 14.3 Å². The number of methoxy groups -OCH3 is 2. The lowest BCUT2D eigenvalue weighted by Crippen LogP contribution is -2.43. The van der Waals surface area contributed by atoms with Gasteiger partial charge in [0, 0.05) is 37.8 Å². The van der Waals surface area contributed by atoms with E-state index in [4.69, 9.17) is 9.47 Å². The molecule has 5 heteroatoms. The molecular formula is C23H28N2O3. The molecule has 0 unspecified atom stereocenters. The summed E-state index contributed by atoms with van der Waals surface area (Å²) in [7, 11) is 3.22. The number of nitrogens with one attached hydrogen (secondary N) is 1. The second-order valence-electron chi connectivity index (χ2n) is 7.02. The van der Waals surface area contributed by atoms with Crippen molar-refractivity contribution >= 4 is 12.0 Å². The average Bonchev–Trinajstić information content (AvgIpc) is 2.74. The molecule has 0 spiro atoms. The SMILES string of the molecule is COc1cc(/C=C/C(=O)NC2CCN(Cc3ccccc3)CC2)cc(OC)c1. The first-order chi connectivity index (χ1) is 13.7. The highest BCUT2D eigenvalue weighted by Gasteiger charge is 2.20. The van der Waals surface area contributed by atoms with Crippen LogP contribution in [0.4, 0.5) is 0 Å². The Morgan fingerprint density at radius 3 is 2.32 bits per heavy atom. The first-order valence-corrected chi connectivity index (χ1v) is 9.64. The van der Waals surface area contributed by atoms with Gasteiger partial charge in [-0.25, -0.2) is 0 Å². The Labute approximate surface area is 167 Å². The highest BCUT2D eigenvalue weighted by atomic mass is 16.5. The number of likely N-dealkylation sites (tertiary alicyclic amines) is 1. The largest absolute Gasteiger partial charge is 0.497 e. The lowest BCUT2D eigenvalue weighted by Gasteiger charge is -2.32. The summed E-state index contributed by atoms with van der Waals surface area (Å²) in [5, 5.41) is 3.12. The van der Waals surface area contributed by atoms with Gasteiger partial charge in [0.05, 0.1) is 14.2 Å². The third-order valence-electron chi connectivity index (χ3n) is 4.98. The molecule has 148 valence electrons. The minimum atomic E-state index is -0.0664. The highest BCUT2D eigenvalue weighted by Crippen LogP contribution is 2.23. The molecule has 0 radical (unpaired) electrons. The predicted molar refractivity (Wildman–Crippen MR) is 111 cm³/mol. The summed E-state index contributed by atoms with van der Waals surface area (Å²) in [4.78, 5) is 14.7. The van der Waals surface area contributed by atoms with Gasteiger partial charge in [0.15, 0.2) is 0 Å². The lowest BCUT2D eigenvalue weighted by molar-refractivity contribution is -0.117. The molecule has 1 aliphatic rings. The molecule has 1 amide bonds. The molecule has 3 rings (SSSR count). The number of benzene rings is 2. The maximum absolute atomic E-state index is 12.3. The molecule has 1 N–H and O–H groups in total. The second kappa shape index (κ2) is 9.95. The molecule has 5 nitrogen and oxygen atoms in total. The Morgan fingerprint density at radius 1 is 1.07 bits per heavy atom. The van der Waals surface area contributed by atoms with E-state index in [0.717, 1.165) is 38.0 Å². The summed E-state index contributed by atoms with van der Waals surface area (Å²) in [6.07, 6.45) is 5.30. The smallest absolute Gasteiger partial charge is 0.244 e. The van der Waals surface area contributed by atoms with Crippen molar-refractivity contribution in [3.63, 3.8) is 0 Å². The van der Waals surface area contributed by atoms with Crippen LogP contribution in [0.25, 0.3) is 6.08 Å². The zero-order valence-corrected chi connectivity index (χ0v) is 16.6. The van der Waals surface area contributed by atoms with Gasteiger partial charge in [-0.3, -0.25) is 9.69 Å². The average molecular weight is 380 g/mol. The number of carbonyl (C=O) groups excluding carboxylic acids is 1. The predicted octanol–water partition coefficient (Wildman–Crippen LogP) is 3.50. The van der Waals surface area contributed by atoms with Crippen molar-refractivity contribution in [3.05, 3.63) is 65.7 Å².